The molecule has 0 aliphatic carbocycles. The van der Waals surface area contributed by atoms with Gasteiger partial charge in [-0.2, -0.15) is 0 Å². The van der Waals surface area contributed by atoms with Crippen molar-refractivity contribution in [2.45, 2.75) is 6.92 Å². The minimum absolute atomic E-state index is 0.00500. The lowest BCUT2D eigenvalue weighted by Crippen LogP contribution is -2.50. The summed E-state index contributed by atoms with van der Waals surface area (Å²) in [5.74, 6) is 3.15. The molecule has 8 heteroatoms. The van der Waals surface area contributed by atoms with Crippen LogP contribution in [0, 0.1) is 6.92 Å². The van der Waals surface area contributed by atoms with E-state index in [1.54, 1.807) is 6.20 Å². The number of fused-ring (bicyclic) bond motifs is 1. The van der Waals surface area contributed by atoms with Gasteiger partial charge < -0.3 is 14.5 Å². The van der Waals surface area contributed by atoms with Crippen LogP contribution in [0.3, 0.4) is 0 Å². The highest BCUT2D eigenvalue weighted by Gasteiger charge is 2.22. The largest absolute Gasteiger partial charge is 0.483 e. The number of hydrogen-bond acceptors (Lipinski definition) is 6. The fourth-order valence-electron chi connectivity index (χ4n) is 3.97. The predicted molar refractivity (Wildman–Crippen MR) is 122 cm³/mol. The first-order chi connectivity index (χ1) is 15.7. The van der Waals surface area contributed by atoms with E-state index in [0.717, 1.165) is 34.0 Å². The molecule has 1 fully saturated rings. The number of hydrogen-bond donors (Lipinski definition) is 0. The lowest BCUT2D eigenvalue weighted by molar-refractivity contribution is -0.133. The maximum atomic E-state index is 12.7. The molecular formula is C24H24N6O2. The van der Waals surface area contributed by atoms with Gasteiger partial charge in [0.15, 0.2) is 18.2 Å². The molecule has 0 radical (unpaired) electrons. The van der Waals surface area contributed by atoms with Gasteiger partial charge in [-0.05, 0) is 30.5 Å². The number of aromatic nitrogens is 4. The lowest BCUT2D eigenvalue weighted by atomic mass is 10.1. The van der Waals surface area contributed by atoms with Crippen molar-refractivity contribution in [2.24, 2.45) is 0 Å². The number of piperazine rings is 1. The molecule has 3 heterocycles. The van der Waals surface area contributed by atoms with E-state index in [1.807, 2.05) is 77.2 Å². The number of amides is 1. The SMILES string of the molecule is Cc1nccn1-c1ccc(N2CCN(C(=O)COc3cccc4ccccc34)CC2)nn1. The average molecular weight is 428 g/mol. The van der Waals surface area contributed by atoms with Crippen LogP contribution >= 0.6 is 0 Å². The highest BCUT2D eigenvalue weighted by Crippen LogP contribution is 2.25. The first kappa shape index (κ1) is 20.0. The highest BCUT2D eigenvalue weighted by atomic mass is 16.5. The second-order valence-corrected chi connectivity index (χ2v) is 7.73. The van der Waals surface area contributed by atoms with Crippen molar-refractivity contribution in [1.82, 2.24) is 24.6 Å². The molecule has 4 aromatic rings. The summed E-state index contributed by atoms with van der Waals surface area (Å²) in [6, 6.07) is 17.8. The molecule has 2 aromatic heterocycles. The molecule has 2 aromatic carbocycles. The molecule has 0 unspecified atom stereocenters. The van der Waals surface area contributed by atoms with Crippen molar-refractivity contribution < 1.29 is 9.53 Å². The number of aryl methyl sites for hydroxylation is 1. The van der Waals surface area contributed by atoms with Crippen LogP contribution in [0.4, 0.5) is 5.82 Å². The van der Waals surface area contributed by atoms with Crippen molar-refractivity contribution in [3.63, 3.8) is 0 Å². The smallest absolute Gasteiger partial charge is 0.260 e. The van der Waals surface area contributed by atoms with E-state index in [0.29, 0.717) is 26.2 Å². The van der Waals surface area contributed by atoms with Crippen LogP contribution in [0.1, 0.15) is 5.82 Å². The summed E-state index contributed by atoms with van der Waals surface area (Å²) in [5.41, 5.74) is 0. The lowest BCUT2D eigenvalue weighted by Gasteiger charge is -2.35. The molecule has 1 amide bonds. The normalized spacial score (nSPS) is 14.0. The van der Waals surface area contributed by atoms with E-state index in [-0.39, 0.29) is 12.5 Å². The third-order valence-electron chi connectivity index (χ3n) is 5.77. The standard InChI is InChI=1S/C24H24N6O2/c1-18-25-11-12-30(18)23-10-9-22(26-27-23)28-13-15-29(16-14-28)24(31)17-32-21-8-4-6-19-5-2-3-7-20(19)21/h2-12H,13-17H2,1H3. The van der Waals surface area contributed by atoms with Crippen molar-refractivity contribution in [3.05, 3.63) is 72.8 Å². The minimum Gasteiger partial charge on any atom is -0.483 e. The molecule has 0 saturated carbocycles. The van der Waals surface area contributed by atoms with Crippen LogP contribution in [0.25, 0.3) is 16.6 Å². The first-order valence-corrected chi connectivity index (χ1v) is 10.7. The third-order valence-corrected chi connectivity index (χ3v) is 5.77. The van der Waals surface area contributed by atoms with Crippen LogP contribution < -0.4 is 9.64 Å². The van der Waals surface area contributed by atoms with Gasteiger partial charge in [-0.3, -0.25) is 9.36 Å². The van der Waals surface area contributed by atoms with Gasteiger partial charge >= 0.3 is 0 Å². The molecule has 0 bridgehead atoms. The maximum absolute atomic E-state index is 12.7. The van der Waals surface area contributed by atoms with Gasteiger partial charge in [0.25, 0.3) is 5.91 Å². The molecule has 32 heavy (non-hydrogen) atoms. The van der Waals surface area contributed by atoms with E-state index >= 15 is 0 Å². The van der Waals surface area contributed by atoms with E-state index < -0.39 is 0 Å². The Labute approximate surface area is 186 Å². The number of carbonyl (C=O) groups is 1. The minimum atomic E-state index is -0.00500. The Morgan fingerprint density at radius 1 is 0.938 bits per heavy atom. The van der Waals surface area contributed by atoms with Gasteiger partial charge in [-0.15, -0.1) is 10.2 Å². The summed E-state index contributed by atoms with van der Waals surface area (Å²) < 4.78 is 7.76. The van der Waals surface area contributed by atoms with Crippen molar-refractivity contribution in [3.8, 4) is 11.6 Å². The predicted octanol–water partition coefficient (Wildman–Crippen LogP) is 2.85. The number of benzene rings is 2. The Morgan fingerprint density at radius 3 is 2.44 bits per heavy atom. The molecule has 162 valence electrons. The summed E-state index contributed by atoms with van der Waals surface area (Å²) in [6.07, 6.45) is 3.61. The van der Waals surface area contributed by atoms with Gasteiger partial charge in [-0.25, -0.2) is 4.98 Å². The molecular weight excluding hydrogens is 404 g/mol. The van der Waals surface area contributed by atoms with Gasteiger partial charge in [0.1, 0.15) is 11.6 Å². The van der Waals surface area contributed by atoms with Gasteiger partial charge in [0.05, 0.1) is 0 Å². The third kappa shape index (κ3) is 3.99. The van der Waals surface area contributed by atoms with Gasteiger partial charge in [0.2, 0.25) is 0 Å². The van der Waals surface area contributed by atoms with Gasteiger partial charge in [-0.1, -0.05) is 36.4 Å². The van der Waals surface area contributed by atoms with Crippen LogP contribution in [0.5, 0.6) is 5.75 Å². The highest BCUT2D eigenvalue weighted by molar-refractivity contribution is 5.88. The zero-order chi connectivity index (χ0) is 21.9. The number of ether oxygens (including phenoxy) is 1. The van der Waals surface area contributed by atoms with Crippen LogP contribution in [0.15, 0.2) is 67.0 Å². The Bertz CT molecular complexity index is 1220. The number of anilines is 1. The number of carbonyl (C=O) groups excluding carboxylic acids is 1. The molecule has 0 spiro atoms. The van der Waals surface area contributed by atoms with Gasteiger partial charge in [0, 0.05) is 44.0 Å². The van der Waals surface area contributed by atoms with Crippen LogP contribution in [0.2, 0.25) is 0 Å². The molecule has 5 rings (SSSR count). The molecule has 1 aliphatic heterocycles. The van der Waals surface area contributed by atoms with Crippen molar-refractivity contribution in [2.75, 3.05) is 37.7 Å². The molecule has 1 aliphatic rings. The number of nitrogens with zero attached hydrogens (tertiary/aromatic N) is 6. The molecule has 1 saturated heterocycles. The topological polar surface area (TPSA) is 76.4 Å². The van der Waals surface area contributed by atoms with Crippen LogP contribution in [-0.2, 0) is 4.79 Å². The zero-order valence-corrected chi connectivity index (χ0v) is 17.9. The summed E-state index contributed by atoms with van der Waals surface area (Å²) >= 11 is 0. The summed E-state index contributed by atoms with van der Waals surface area (Å²) in [6.45, 7) is 4.63. The molecule has 0 N–H and O–H groups in total. The quantitative estimate of drug-likeness (QED) is 0.487. The summed E-state index contributed by atoms with van der Waals surface area (Å²) in [7, 11) is 0. The first-order valence-electron chi connectivity index (χ1n) is 10.7. The molecule has 0 atom stereocenters. The van der Waals surface area contributed by atoms with Crippen molar-refractivity contribution in [1.29, 1.82) is 0 Å². The van der Waals surface area contributed by atoms with Crippen LogP contribution in [-0.4, -0.2) is 63.3 Å². The Balaban J connectivity index is 1.16. The average Bonchev–Trinajstić information content (AvgIpc) is 3.28. The fraction of sp³-hybridized carbons (Fsp3) is 0.250. The monoisotopic (exact) mass is 428 g/mol. The van der Waals surface area contributed by atoms with E-state index in [9.17, 15) is 4.79 Å². The van der Waals surface area contributed by atoms with E-state index in [2.05, 4.69) is 20.1 Å². The number of rotatable bonds is 5. The Hall–Kier alpha value is -3.94. The van der Waals surface area contributed by atoms with E-state index in [4.69, 9.17) is 4.74 Å². The van der Waals surface area contributed by atoms with E-state index in [1.165, 1.54) is 0 Å². The number of imidazole rings is 1. The molecule has 8 nitrogen and oxygen atoms in total. The Kier molecular flexibility index (Phi) is 5.41. The van der Waals surface area contributed by atoms with Crippen molar-refractivity contribution >= 4 is 22.5 Å². The summed E-state index contributed by atoms with van der Waals surface area (Å²) in [5, 5.41) is 10.8. The summed E-state index contributed by atoms with van der Waals surface area (Å²) in [4.78, 5) is 20.9. The Morgan fingerprint density at radius 2 is 1.69 bits per heavy atom. The zero-order valence-electron chi connectivity index (χ0n) is 17.9. The second-order valence-electron chi connectivity index (χ2n) is 7.73. The fourth-order valence-corrected chi connectivity index (χ4v) is 3.97. The maximum Gasteiger partial charge on any atom is 0.260 e. The second kappa shape index (κ2) is 8.66.